The molecule has 1 radical (unpaired) electrons. The van der Waals surface area contributed by atoms with Gasteiger partial charge in [0.05, 0.1) is 0 Å². The first-order chi connectivity index (χ1) is 2.94. The van der Waals surface area contributed by atoms with Crippen molar-refractivity contribution < 1.29 is 13.9 Å². The topological polar surface area (TPSA) is 19.9 Å². The molecule has 0 bridgehead atoms. The van der Waals surface area contributed by atoms with Crippen LogP contribution in [0.4, 0.5) is 8.78 Å². The van der Waals surface area contributed by atoms with Crippen molar-refractivity contribution in [2.45, 2.75) is 10.9 Å². The van der Waals surface area contributed by atoms with E-state index in [9.17, 15) is 13.9 Å². The summed E-state index contributed by atoms with van der Waals surface area (Å²) in [5.74, 6) is 0. The lowest BCUT2D eigenvalue weighted by atomic mass is 10.8. The molecule has 0 aromatic heterocycles. The molecule has 0 heterocycles. The Hall–Kier alpha value is 0.400. The summed E-state index contributed by atoms with van der Waals surface area (Å²) in [6, 6.07) is 0. The van der Waals surface area contributed by atoms with E-state index in [0.29, 0.717) is 0 Å². The van der Waals surface area contributed by atoms with Crippen molar-refractivity contribution in [1.29, 1.82) is 0 Å². The van der Waals surface area contributed by atoms with Gasteiger partial charge in [-0.2, -0.15) is 8.78 Å². The lowest BCUT2D eigenvalue weighted by Gasteiger charge is -2.03. The Bertz CT molecular complexity index is 59.2. The van der Waals surface area contributed by atoms with E-state index in [1.165, 1.54) is 0 Å². The predicted molar refractivity (Wildman–Crippen MR) is 21.1 cm³/mol. The SMILES string of the molecule is [O]C(Cl)C(F)(F)Cl. The summed E-state index contributed by atoms with van der Waals surface area (Å²) in [6.07, 6.45) is 0. The van der Waals surface area contributed by atoms with Crippen LogP contribution in [0.15, 0.2) is 0 Å². The molecule has 0 aliphatic rings. The third-order valence-corrected chi connectivity index (χ3v) is 0.841. The van der Waals surface area contributed by atoms with E-state index < -0.39 is 10.9 Å². The summed E-state index contributed by atoms with van der Waals surface area (Å²) in [5, 5.41) is 5.61. The van der Waals surface area contributed by atoms with Crippen LogP contribution in [0.5, 0.6) is 0 Å². The minimum atomic E-state index is -3.82. The zero-order valence-corrected chi connectivity index (χ0v) is 4.51. The third-order valence-electron chi connectivity index (χ3n) is 0.257. The van der Waals surface area contributed by atoms with E-state index in [1.807, 2.05) is 0 Å². The molecule has 0 saturated carbocycles. The van der Waals surface area contributed by atoms with E-state index in [0.717, 1.165) is 0 Å². The van der Waals surface area contributed by atoms with Crippen LogP contribution in [0, 0.1) is 0 Å². The van der Waals surface area contributed by atoms with Gasteiger partial charge in [0.1, 0.15) is 0 Å². The van der Waals surface area contributed by atoms with E-state index in [4.69, 9.17) is 0 Å². The molecule has 7 heavy (non-hydrogen) atoms. The van der Waals surface area contributed by atoms with Crippen LogP contribution in [-0.4, -0.2) is 10.9 Å². The van der Waals surface area contributed by atoms with Gasteiger partial charge in [0.25, 0.3) is 0 Å². The minimum absolute atomic E-state index is 2.55. The highest BCUT2D eigenvalue weighted by molar-refractivity contribution is 6.29. The highest BCUT2D eigenvalue weighted by Crippen LogP contribution is 2.25. The Kier molecular flexibility index (Phi) is 2.23. The van der Waals surface area contributed by atoms with Crippen molar-refractivity contribution in [2.24, 2.45) is 0 Å². The molecule has 5 heteroatoms. The number of halogens is 4. The second-order valence-corrected chi connectivity index (χ2v) is 1.76. The molecule has 0 aromatic rings. The van der Waals surface area contributed by atoms with Crippen LogP contribution in [0.1, 0.15) is 0 Å². The molecule has 0 spiro atoms. The van der Waals surface area contributed by atoms with Crippen LogP contribution in [0.25, 0.3) is 0 Å². The highest BCUT2D eigenvalue weighted by atomic mass is 35.5. The van der Waals surface area contributed by atoms with E-state index in [1.54, 1.807) is 0 Å². The van der Waals surface area contributed by atoms with Gasteiger partial charge in [-0.1, -0.05) is 11.6 Å². The van der Waals surface area contributed by atoms with E-state index in [2.05, 4.69) is 23.2 Å². The zero-order valence-electron chi connectivity index (χ0n) is 3.00. The minimum Gasteiger partial charge on any atom is -0.207 e. The quantitative estimate of drug-likeness (QED) is 0.508. The molecule has 0 rings (SSSR count). The number of rotatable bonds is 1. The van der Waals surface area contributed by atoms with Crippen molar-refractivity contribution in [3.05, 3.63) is 0 Å². The van der Waals surface area contributed by atoms with Gasteiger partial charge in [-0.05, 0) is 11.6 Å². The standard InChI is InChI=1S/C2HCl2F2O/c3-1(7)2(4,5)6/h1H. The summed E-state index contributed by atoms with van der Waals surface area (Å²) in [4.78, 5) is 0. The van der Waals surface area contributed by atoms with Gasteiger partial charge >= 0.3 is 5.38 Å². The predicted octanol–water partition coefficient (Wildman–Crippen LogP) is 1.81. The maximum atomic E-state index is 11.2. The van der Waals surface area contributed by atoms with Crippen molar-refractivity contribution in [3.8, 4) is 0 Å². The molecule has 1 nitrogen and oxygen atoms in total. The molecule has 0 N–H and O–H groups in total. The van der Waals surface area contributed by atoms with Crippen molar-refractivity contribution in [1.82, 2.24) is 0 Å². The fourth-order valence-corrected chi connectivity index (χ4v) is 0. The Morgan fingerprint density at radius 3 is 1.71 bits per heavy atom. The van der Waals surface area contributed by atoms with E-state index in [-0.39, 0.29) is 0 Å². The van der Waals surface area contributed by atoms with Crippen LogP contribution in [-0.2, 0) is 5.11 Å². The molecule has 0 aliphatic heterocycles. The van der Waals surface area contributed by atoms with Gasteiger partial charge in [-0.3, -0.25) is 0 Å². The molecule has 0 aliphatic carbocycles. The highest BCUT2D eigenvalue weighted by Gasteiger charge is 2.35. The normalized spacial score (nSPS) is 16.7. The number of hydrogen-bond acceptors (Lipinski definition) is 0. The van der Waals surface area contributed by atoms with Crippen molar-refractivity contribution >= 4 is 23.2 Å². The Morgan fingerprint density at radius 2 is 1.71 bits per heavy atom. The lowest BCUT2D eigenvalue weighted by Crippen LogP contribution is -2.19. The number of alkyl halides is 4. The average Bonchev–Trinajstić information content (AvgIpc) is 1.31. The Labute approximate surface area is 48.8 Å². The third kappa shape index (κ3) is 3.02. The van der Waals surface area contributed by atoms with Gasteiger partial charge in [0, 0.05) is 0 Å². The summed E-state index contributed by atoms with van der Waals surface area (Å²) in [5.41, 5.74) is -2.55. The summed E-state index contributed by atoms with van der Waals surface area (Å²) in [7, 11) is 0. The Morgan fingerprint density at radius 1 is 1.57 bits per heavy atom. The smallest absolute Gasteiger partial charge is 0.207 e. The van der Waals surface area contributed by atoms with Gasteiger partial charge in [-0.15, -0.1) is 0 Å². The first-order valence-electron chi connectivity index (χ1n) is 1.31. The van der Waals surface area contributed by atoms with Gasteiger partial charge in [0.2, 0.25) is 5.56 Å². The second kappa shape index (κ2) is 2.11. The molecular formula is C2HCl2F2O. The second-order valence-electron chi connectivity index (χ2n) is 0.858. The van der Waals surface area contributed by atoms with Gasteiger partial charge < -0.3 is 0 Å². The first-order valence-corrected chi connectivity index (χ1v) is 2.12. The summed E-state index contributed by atoms with van der Waals surface area (Å²) >= 11 is 8.41. The van der Waals surface area contributed by atoms with Crippen LogP contribution >= 0.6 is 23.2 Å². The fraction of sp³-hybridized carbons (Fsp3) is 1.00. The van der Waals surface area contributed by atoms with Gasteiger partial charge in [-0.25, -0.2) is 5.11 Å². The monoisotopic (exact) mass is 149 g/mol. The van der Waals surface area contributed by atoms with Crippen LogP contribution < -0.4 is 0 Å². The molecule has 0 amide bonds. The molecule has 1 unspecified atom stereocenters. The summed E-state index contributed by atoms with van der Waals surface area (Å²) < 4.78 is 22.3. The van der Waals surface area contributed by atoms with Crippen molar-refractivity contribution in [3.63, 3.8) is 0 Å². The van der Waals surface area contributed by atoms with Crippen LogP contribution in [0.3, 0.4) is 0 Å². The molecule has 43 valence electrons. The largest absolute Gasteiger partial charge is 0.364 e. The number of hydrogen-bond donors (Lipinski definition) is 0. The fourth-order valence-electron chi connectivity index (χ4n) is 0. The molecular weight excluding hydrogens is 149 g/mol. The summed E-state index contributed by atoms with van der Waals surface area (Å²) in [6.45, 7) is 0. The zero-order chi connectivity index (χ0) is 6.08. The molecule has 0 fully saturated rings. The van der Waals surface area contributed by atoms with Gasteiger partial charge in [0.15, 0.2) is 0 Å². The maximum Gasteiger partial charge on any atom is 0.364 e. The molecule has 0 aromatic carbocycles. The molecule has 0 saturated heterocycles. The average molecular weight is 150 g/mol. The Balaban J connectivity index is 3.54. The van der Waals surface area contributed by atoms with Crippen molar-refractivity contribution in [2.75, 3.05) is 0 Å². The maximum absolute atomic E-state index is 11.2. The molecule has 1 atom stereocenters. The van der Waals surface area contributed by atoms with Crippen LogP contribution in [0.2, 0.25) is 0 Å². The van der Waals surface area contributed by atoms with E-state index >= 15 is 0 Å². The first kappa shape index (κ1) is 7.40. The lowest BCUT2D eigenvalue weighted by molar-refractivity contribution is -0.0299.